The molecule has 12 rings (SSSR count). The minimum Gasteiger partial charge on any atom is -0.454 e. The zero-order valence-corrected chi connectivity index (χ0v) is 30.3. The molecule has 1 aliphatic rings. The van der Waals surface area contributed by atoms with E-state index in [4.69, 9.17) is 9.40 Å². The van der Waals surface area contributed by atoms with Crippen LogP contribution in [0.5, 0.6) is 0 Å². The molecule has 0 saturated heterocycles. The van der Waals surface area contributed by atoms with Gasteiger partial charge in [0.2, 0.25) is 0 Å². The Kier molecular flexibility index (Phi) is 6.50. The zero-order chi connectivity index (χ0) is 36.0. The highest BCUT2D eigenvalue weighted by Crippen LogP contribution is 2.55. The first-order valence-electron chi connectivity index (χ1n) is 18.6. The van der Waals surface area contributed by atoms with Crippen molar-refractivity contribution in [3.8, 4) is 43.4 Å². The molecule has 2 aromatic heterocycles. The molecule has 4 heteroatoms. The second-order valence-electron chi connectivity index (χ2n) is 14.2. The average Bonchev–Trinajstić information content (AvgIpc) is 3.94. The fourth-order valence-electron chi connectivity index (χ4n) is 8.83. The van der Waals surface area contributed by atoms with Crippen LogP contribution >= 0.6 is 11.3 Å². The van der Waals surface area contributed by atoms with E-state index >= 15 is 0 Å². The molecule has 55 heavy (non-hydrogen) atoms. The molecule has 0 aliphatic heterocycles. The van der Waals surface area contributed by atoms with E-state index in [0.717, 1.165) is 60.8 Å². The summed E-state index contributed by atoms with van der Waals surface area (Å²) in [4.78, 5) is 9.09. The molecule has 0 radical (unpaired) electrons. The van der Waals surface area contributed by atoms with E-state index in [1.54, 1.807) is 11.3 Å². The number of fused-ring (bicyclic) bond motifs is 9. The van der Waals surface area contributed by atoms with Gasteiger partial charge in [-0.3, -0.25) is 0 Å². The van der Waals surface area contributed by atoms with Gasteiger partial charge < -0.3 is 9.32 Å². The quantitative estimate of drug-likeness (QED) is 0.166. The topological polar surface area (TPSA) is 29.3 Å². The van der Waals surface area contributed by atoms with Gasteiger partial charge in [0, 0.05) is 43.8 Å². The van der Waals surface area contributed by atoms with E-state index in [1.165, 1.54) is 53.9 Å². The van der Waals surface area contributed by atoms with Crippen LogP contribution in [0.15, 0.2) is 186 Å². The third kappa shape index (κ3) is 4.46. The first-order chi connectivity index (χ1) is 27.3. The molecule has 1 aliphatic carbocycles. The number of rotatable bonds is 5. The molecule has 3 nitrogen and oxygen atoms in total. The molecule has 0 amide bonds. The van der Waals surface area contributed by atoms with Gasteiger partial charge in [-0.1, -0.05) is 152 Å². The first-order valence-corrected chi connectivity index (χ1v) is 19.4. The summed E-state index contributed by atoms with van der Waals surface area (Å²) >= 11 is 1.80. The van der Waals surface area contributed by atoms with Crippen LogP contribution in [-0.2, 0) is 0 Å². The molecule has 0 bridgehead atoms. The third-order valence-corrected chi connectivity index (χ3v) is 12.4. The van der Waals surface area contributed by atoms with Gasteiger partial charge in [0.15, 0.2) is 5.58 Å². The van der Waals surface area contributed by atoms with Crippen molar-refractivity contribution in [3.63, 3.8) is 0 Å². The predicted octanol–water partition coefficient (Wildman–Crippen LogP) is 15.0. The Hall–Kier alpha value is -7.01. The summed E-state index contributed by atoms with van der Waals surface area (Å²) in [5, 5.41) is 10.7. The highest BCUT2D eigenvalue weighted by molar-refractivity contribution is 7.19. The van der Waals surface area contributed by atoms with Crippen LogP contribution in [0.4, 0.5) is 17.1 Å². The van der Waals surface area contributed by atoms with Crippen molar-refractivity contribution in [2.75, 3.05) is 4.90 Å². The van der Waals surface area contributed by atoms with Gasteiger partial charge in [0.05, 0.1) is 27.6 Å². The summed E-state index contributed by atoms with van der Waals surface area (Å²) in [5.41, 5.74) is 11.9. The Morgan fingerprint density at radius 2 is 1.11 bits per heavy atom. The number of para-hydroxylation sites is 3. The molecule has 9 aromatic carbocycles. The SMILES string of the molecule is c1ccc(-c2ccccc2N(c2ccc3c4c(cccc24)-c2sc(-c4cc5ccccc5c5ccccc45)nc2-3)c2cccc3c2oc2ccccc23)cc1. The lowest BCUT2D eigenvalue weighted by Crippen LogP contribution is -2.12. The van der Waals surface area contributed by atoms with Crippen LogP contribution in [0.3, 0.4) is 0 Å². The number of benzene rings is 9. The summed E-state index contributed by atoms with van der Waals surface area (Å²) < 4.78 is 6.73. The van der Waals surface area contributed by atoms with Gasteiger partial charge in [-0.05, 0) is 57.4 Å². The van der Waals surface area contributed by atoms with Crippen LogP contribution < -0.4 is 4.90 Å². The standard InChI is InChI=1S/C51H30N2OS/c1-2-14-31(15-3-1)34-18-8-10-25-43(34)53(45-26-13-22-38-37-21-9-11-27-46(37)54-49(38)45)44-29-28-40-47-39(44)23-12-24-41(47)50-48(40)52-51(55-50)42-30-32-16-4-5-17-33(32)35-19-6-7-20-36(35)42/h1-30H. The number of nitrogens with zero attached hydrogens (tertiary/aromatic N) is 2. The Bertz CT molecular complexity index is 3310. The van der Waals surface area contributed by atoms with E-state index in [9.17, 15) is 0 Å². The molecule has 11 aromatic rings. The molecule has 0 N–H and O–H groups in total. The van der Waals surface area contributed by atoms with Crippen LogP contribution in [0.1, 0.15) is 0 Å². The van der Waals surface area contributed by atoms with Crippen molar-refractivity contribution in [2.24, 2.45) is 0 Å². The second-order valence-corrected chi connectivity index (χ2v) is 15.2. The molecular formula is C51H30N2OS. The Balaban J connectivity index is 1.09. The zero-order valence-electron chi connectivity index (χ0n) is 29.5. The largest absolute Gasteiger partial charge is 0.454 e. The van der Waals surface area contributed by atoms with Gasteiger partial charge >= 0.3 is 0 Å². The summed E-state index contributed by atoms with van der Waals surface area (Å²) in [5.74, 6) is 0. The lowest BCUT2D eigenvalue weighted by atomic mass is 9.97. The van der Waals surface area contributed by atoms with E-state index in [0.29, 0.717) is 0 Å². The van der Waals surface area contributed by atoms with Gasteiger partial charge in [-0.2, -0.15) is 0 Å². The summed E-state index contributed by atoms with van der Waals surface area (Å²) in [7, 11) is 0. The molecule has 256 valence electrons. The average molecular weight is 719 g/mol. The minimum atomic E-state index is 0.864. The molecule has 2 heterocycles. The van der Waals surface area contributed by atoms with Crippen molar-refractivity contribution < 1.29 is 4.42 Å². The van der Waals surface area contributed by atoms with Crippen molar-refractivity contribution in [2.45, 2.75) is 0 Å². The van der Waals surface area contributed by atoms with E-state index in [-0.39, 0.29) is 0 Å². The molecule has 0 fully saturated rings. The molecule has 0 saturated carbocycles. The lowest BCUT2D eigenvalue weighted by molar-refractivity contribution is 0.669. The highest BCUT2D eigenvalue weighted by Gasteiger charge is 2.30. The lowest BCUT2D eigenvalue weighted by Gasteiger charge is -2.29. The van der Waals surface area contributed by atoms with E-state index in [1.807, 2.05) is 6.07 Å². The molecule has 0 unspecified atom stereocenters. The highest BCUT2D eigenvalue weighted by atomic mass is 32.1. The van der Waals surface area contributed by atoms with Gasteiger partial charge in [0.1, 0.15) is 10.6 Å². The predicted molar refractivity (Wildman–Crippen MR) is 232 cm³/mol. The summed E-state index contributed by atoms with van der Waals surface area (Å²) in [6.07, 6.45) is 0. The smallest absolute Gasteiger partial charge is 0.159 e. The maximum atomic E-state index is 6.73. The van der Waals surface area contributed by atoms with Gasteiger partial charge in [-0.25, -0.2) is 4.98 Å². The molecule has 0 atom stereocenters. The minimum absolute atomic E-state index is 0.864. The first kappa shape index (κ1) is 30.5. The van der Waals surface area contributed by atoms with Crippen molar-refractivity contribution in [3.05, 3.63) is 182 Å². The number of furan rings is 1. The maximum Gasteiger partial charge on any atom is 0.159 e. The van der Waals surface area contributed by atoms with Crippen LogP contribution in [-0.4, -0.2) is 4.98 Å². The molecular weight excluding hydrogens is 689 g/mol. The summed E-state index contributed by atoms with van der Waals surface area (Å²) in [6.45, 7) is 0. The Labute approximate surface area is 321 Å². The number of aromatic nitrogens is 1. The third-order valence-electron chi connectivity index (χ3n) is 11.2. The Morgan fingerprint density at radius 3 is 2.02 bits per heavy atom. The van der Waals surface area contributed by atoms with Crippen molar-refractivity contribution in [1.29, 1.82) is 0 Å². The number of thiazole rings is 1. The second kappa shape index (κ2) is 11.7. The van der Waals surface area contributed by atoms with Crippen LogP contribution in [0, 0.1) is 0 Å². The monoisotopic (exact) mass is 718 g/mol. The number of anilines is 3. The van der Waals surface area contributed by atoms with E-state index in [2.05, 4.69) is 181 Å². The normalized spacial score (nSPS) is 12.0. The fraction of sp³-hybridized carbons (Fsp3) is 0. The van der Waals surface area contributed by atoms with Crippen molar-refractivity contribution in [1.82, 2.24) is 4.98 Å². The molecule has 0 spiro atoms. The number of hydrogen-bond acceptors (Lipinski definition) is 4. The fourth-order valence-corrected chi connectivity index (χ4v) is 9.97. The number of hydrogen-bond donors (Lipinski definition) is 0. The van der Waals surface area contributed by atoms with Crippen LogP contribution in [0.25, 0.3) is 97.7 Å². The van der Waals surface area contributed by atoms with Crippen LogP contribution in [0.2, 0.25) is 0 Å². The summed E-state index contributed by atoms with van der Waals surface area (Å²) in [6, 6.07) is 65.2. The maximum absolute atomic E-state index is 6.73. The van der Waals surface area contributed by atoms with E-state index < -0.39 is 0 Å². The Morgan fingerprint density at radius 1 is 0.436 bits per heavy atom. The van der Waals surface area contributed by atoms with Crippen molar-refractivity contribution >= 4 is 82.7 Å². The van der Waals surface area contributed by atoms with Gasteiger partial charge in [-0.15, -0.1) is 11.3 Å². The van der Waals surface area contributed by atoms with Gasteiger partial charge in [0.25, 0.3) is 0 Å².